The average Bonchev–Trinajstić information content (AvgIpc) is 2.38. The maximum atomic E-state index is 10.7. The second kappa shape index (κ2) is 5.85. The predicted octanol–water partition coefficient (Wildman–Crippen LogP) is 2.68. The number of hydrogen-bond acceptors (Lipinski definition) is 4. The highest BCUT2D eigenvalue weighted by molar-refractivity contribution is 5.70. The van der Waals surface area contributed by atoms with Crippen LogP contribution in [0.3, 0.4) is 0 Å². The highest BCUT2D eigenvalue weighted by Gasteiger charge is 2.09. The number of carboxylic acids is 1. The van der Waals surface area contributed by atoms with Gasteiger partial charge in [-0.1, -0.05) is 12.1 Å². The Morgan fingerprint density at radius 3 is 2.95 bits per heavy atom. The van der Waals surface area contributed by atoms with Crippen molar-refractivity contribution in [3.8, 4) is 17.7 Å². The van der Waals surface area contributed by atoms with Crippen LogP contribution in [0.1, 0.15) is 16.7 Å². The number of carboxylic acid groups (broad SMARTS) is 1. The van der Waals surface area contributed by atoms with E-state index in [1.807, 2.05) is 6.07 Å². The van der Waals surface area contributed by atoms with Gasteiger partial charge in [-0.15, -0.1) is 0 Å². The lowest BCUT2D eigenvalue weighted by Crippen LogP contribution is -2.00. The Morgan fingerprint density at radius 2 is 2.25 bits per heavy atom. The third-order valence-corrected chi connectivity index (χ3v) is 2.70. The zero-order valence-corrected chi connectivity index (χ0v) is 10.8. The molecule has 1 aromatic heterocycles. The van der Waals surface area contributed by atoms with Crippen molar-refractivity contribution in [2.75, 3.05) is 0 Å². The van der Waals surface area contributed by atoms with Gasteiger partial charge >= 0.3 is 5.97 Å². The molecule has 100 valence electrons. The number of rotatable bonds is 4. The molecular formula is C15H12N2O3. The number of aryl methyl sites for hydroxylation is 1. The SMILES string of the molecule is Cc1ccnc(Oc2cccc(CC(=O)O)c2)c1C#N. The van der Waals surface area contributed by atoms with Crippen LogP contribution in [0.15, 0.2) is 36.5 Å². The van der Waals surface area contributed by atoms with Crippen molar-refractivity contribution in [2.45, 2.75) is 13.3 Å². The summed E-state index contributed by atoms with van der Waals surface area (Å²) in [6.07, 6.45) is 1.48. The molecule has 0 bridgehead atoms. The number of carbonyl (C=O) groups is 1. The minimum absolute atomic E-state index is 0.0798. The summed E-state index contributed by atoms with van der Waals surface area (Å²) < 4.78 is 5.58. The minimum atomic E-state index is -0.909. The van der Waals surface area contributed by atoms with Crippen molar-refractivity contribution in [3.05, 3.63) is 53.2 Å². The number of benzene rings is 1. The maximum absolute atomic E-state index is 10.7. The van der Waals surface area contributed by atoms with Crippen LogP contribution in [0.5, 0.6) is 11.6 Å². The van der Waals surface area contributed by atoms with Crippen LogP contribution in [0.4, 0.5) is 0 Å². The van der Waals surface area contributed by atoms with Crippen LogP contribution in [0.2, 0.25) is 0 Å². The summed E-state index contributed by atoms with van der Waals surface area (Å²) in [5.41, 5.74) is 1.77. The zero-order chi connectivity index (χ0) is 14.5. The van der Waals surface area contributed by atoms with E-state index in [2.05, 4.69) is 4.98 Å². The van der Waals surface area contributed by atoms with E-state index < -0.39 is 5.97 Å². The fraction of sp³-hybridized carbons (Fsp3) is 0.133. The Morgan fingerprint density at radius 1 is 1.45 bits per heavy atom. The molecule has 0 amide bonds. The number of aromatic nitrogens is 1. The molecule has 1 heterocycles. The molecule has 0 saturated heterocycles. The second-order valence-corrected chi connectivity index (χ2v) is 4.24. The van der Waals surface area contributed by atoms with E-state index in [1.165, 1.54) is 0 Å². The fourth-order valence-electron chi connectivity index (χ4n) is 1.75. The van der Waals surface area contributed by atoms with Crippen molar-refractivity contribution < 1.29 is 14.6 Å². The summed E-state index contributed by atoms with van der Waals surface area (Å²) >= 11 is 0. The van der Waals surface area contributed by atoms with Gasteiger partial charge in [-0.05, 0) is 36.2 Å². The fourth-order valence-corrected chi connectivity index (χ4v) is 1.75. The standard InChI is InChI=1S/C15H12N2O3/c1-10-5-6-17-15(13(10)9-16)20-12-4-2-3-11(7-12)8-14(18)19/h2-7H,8H2,1H3,(H,18,19). The molecule has 0 aliphatic carbocycles. The molecule has 0 unspecified atom stereocenters. The Hall–Kier alpha value is -2.87. The molecule has 2 rings (SSSR count). The van der Waals surface area contributed by atoms with Crippen molar-refractivity contribution in [1.29, 1.82) is 5.26 Å². The highest BCUT2D eigenvalue weighted by atomic mass is 16.5. The Bertz CT molecular complexity index is 690. The molecule has 0 saturated carbocycles. The molecule has 1 N–H and O–H groups in total. The van der Waals surface area contributed by atoms with E-state index in [-0.39, 0.29) is 12.3 Å². The van der Waals surface area contributed by atoms with Crippen LogP contribution >= 0.6 is 0 Å². The summed E-state index contributed by atoms with van der Waals surface area (Å²) in [6, 6.07) is 10.5. The molecule has 5 heteroatoms. The van der Waals surface area contributed by atoms with Crippen LogP contribution in [0, 0.1) is 18.3 Å². The number of hydrogen-bond donors (Lipinski definition) is 1. The first-order valence-corrected chi connectivity index (χ1v) is 5.94. The van der Waals surface area contributed by atoms with Crippen LogP contribution in [-0.2, 0) is 11.2 Å². The van der Waals surface area contributed by atoms with Gasteiger partial charge in [0, 0.05) is 6.20 Å². The summed E-state index contributed by atoms with van der Waals surface area (Å²) in [4.78, 5) is 14.7. The number of pyridine rings is 1. The lowest BCUT2D eigenvalue weighted by atomic mass is 10.1. The monoisotopic (exact) mass is 268 g/mol. The van der Waals surface area contributed by atoms with E-state index in [1.54, 1.807) is 43.5 Å². The van der Waals surface area contributed by atoms with Crippen LogP contribution in [0.25, 0.3) is 0 Å². The van der Waals surface area contributed by atoms with E-state index >= 15 is 0 Å². The van der Waals surface area contributed by atoms with Gasteiger partial charge < -0.3 is 9.84 Å². The van der Waals surface area contributed by atoms with Gasteiger partial charge in [0.05, 0.1) is 6.42 Å². The van der Waals surface area contributed by atoms with E-state index in [9.17, 15) is 4.79 Å². The lowest BCUT2D eigenvalue weighted by Gasteiger charge is -2.08. The molecule has 1 aromatic carbocycles. The van der Waals surface area contributed by atoms with Crippen molar-refractivity contribution in [2.24, 2.45) is 0 Å². The summed E-state index contributed by atoms with van der Waals surface area (Å²) in [5, 5.41) is 17.9. The van der Waals surface area contributed by atoms with Crippen LogP contribution < -0.4 is 4.74 Å². The van der Waals surface area contributed by atoms with Gasteiger partial charge in [0.1, 0.15) is 17.4 Å². The first-order chi connectivity index (χ1) is 9.60. The van der Waals surface area contributed by atoms with Gasteiger partial charge in [0.15, 0.2) is 0 Å². The zero-order valence-electron chi connectivity index (χ0n) is 10.8. The topological polar surface area (TPSA) is 83.2 Å². The molecule has 0 aliphatic rings. The van der Waals surface area contributed by atoms with Crippen LogP contribution in [-0.4, -0.2) is 16.1 Å². The first kappa shape index (κ1) is 13.6. The largest absolute Gasteiger partial charge is 0.481 e. The van der Waals surface area contributed by atoms with Crippen molar-refractivity contribution >= 4 is 5.97 Å². The lowest BCUT2D eigenvalue weighted by molar-refractivity contribution is -0.136. The van der Waals surface area contributed by atoms with E-state index in [0.717, 1.165) is 5.56 Å². The minimum Gasteiger partial charge on any atom is -0.481 e. The third kappa shape index (κ3) is 3.12. The molecule has 0 atom stereocenters. The molecule has 0 aliphatic heterocycles. The van der Waals surface area contributed by atoms with Gasteiger partial charge in [0.25, 0.3) is 0 Å². The molecule has 0 spiro atoms. The molecule has 20 heavy (non-hydrogen) atoms. The quantitative estimate of drug-likeness (QED) is 0.921. The highest BCUT2D eigenvalue weighted by Crippen LogP contribution is 2.25. The van der Waals surface area contributed by atoms with Gasteiger partial charge in [-0.2, -0.15) is 5.26 Å². The molecule has 2 aromatic rings. The van der Waals surface area contributed by atoms with Gasteiger partial charge in [-0.3, -0.25) is 4.79 Å². The third-order valence-electron chi connectivity index (χ3n) is 2.70. The number of nitrogens with zero attached hydrogens (tertiary/aromatic N) is 2. The Kier molecular flexibility index (Phi) is 3.96. The predicted molar refractivity (Wildman–Crippen MR) is 71.5 cm³/mol. The van der Waals surface area contributed by atoms with Gasteiger partial charge in [-0.25, -0.2) is 4.98 Å². The number of nitriles is 1. The summed E-state index contributed by atoms with van der Waals surface area (Å²) in [6.45, 7) is 1.80. The van der Waals surface area contributed by atoms with E-state index in [4.69, 9.17) is 15.1 Å². The molecule has 5 nitrogen and oxygen atoms in total. The number of ether oxygens (including phenoxy) is 1. The smallest absolute Gasteiger partial charge is 0.307 e. The van der Waals surface area contributed by atoms with Crippen molar-refractivity contribution in [1.82, 2.24) is 4.98 Å². The second-order valence-electron chi connectivity index (χ2n) is 4.24. The Balaban J connectivity index is 2.29. The molecule has 0 fully saturated rings. The first-order valence-electron chi connectivity index (χ1n) is 5.94. The summed E-state index contributed by atoms with van der Waals surface area (Å²) in [7, 11) is 0. The maximum Gasteiger partial charge on any atom is 0.307 e. The molecular weight excluding hydrogens is 256 g/mol. The molecule has 0 radical (unpaired) electrons. The average molecular weight is 268 g/mol. The Labute approximate surface area is 116 Å². The van der Waals surface area contributed by atoms with E-state index in [0.29, 0.717) is 16.9 Å². The number of aliphatic carboxylic acids is 1. The normalized spacial score (nSPS) is 9.80. The summed E-state index contributed by atoms with van der Waals surface area (Å²) in [5.74, 6) is -0.230. The van der Waals surface area contributed by atoms with Gasteiger partial charge in [0.2, 0.25) is 5.88 Å². The van der Waals surface area contributed by atoms with Crippen molar-refractivity contribution in [3.63, 3.8) is 0 Å².